The highest BCUT2D eigenvalue weighted by Gasteiger charge is 2.49. The van der Waals surface area contributed by atoms with Crippen molar-refractivity contribution in [1.82, 2.24) is 0 Å². The lowest BCUT2D eigenvalue weighted by Crippen LogP contribution is -2.22. The molecule has 0 amide bonds. The summed E-state index contributed by atoms with van der Waals surface area (Å²) in [6.45, 7) is 12.3. The Morgan fingerprint density at radius 1 is 1.07 bits per heavy atom. The van der Waals surface area contributed by atoms with Crippen LogP contribution in [0.5, 0.6) is 0 Å². The second-order valence-corrected chi connectivity index (χ2v) is 6.55. The minimum absolute atomic E-state index is 0.952. The Kier molecular flexibility index (Phi) is 3.14. The summed E-state index contributed by atoms with van der Waals surface area (Å²) in [5.41, 5.74) is 0. The normalized spacial score (nSPS) is 51.8. The topological polar surface area (TPSA) is 0 Å². The smallest absolute Gasteiger partial charge is 0.0329 e. The summed E-state index contributed by atoms with van der Waals surface area (Å²) in [6.07, 6.45) is 4.43. The van der Waals surface area contributed by atoms with Gasteiger partial charge in [-0.3, -0.25) is 0 Å². The van der Waals surface area contributed by atoms with Gasteiger partial charge in [0.25, 0.3) is 0 Å². The van der Waals surface area contributed by atoms with E-state index in [1.807, 2.05) is 0 Å². The molecule has 0 bridgehead atoms. The molecule has 15 heavy (non-hydrogen) atoms. The first kappa shape index (κ1) is 11.5. The van der Waals surface area contributed by atoms with Crippen LogP contribution < -0.4 is 0 Å². The van der Waals surface area contributed by atoms with Gasteiger partial charge in [0.05, 0.1) is 0 Å². The van der Waals surface area contributed by atoms with Gasteiger partial charge in [-0.1, -0.05) is 41.0 Å². The van der Waals surface area contributed by atoms with Gasteiger partial charge in [-0.2, -0.15) is 0 Å². The Hall–Kier alpha value is 0. The molecule has 0 aromatic rings. The second-order valence-electron chi connectivity index (χ2n) is 6.55. The van der Waals surface area contributed by atoms with E-state index in [2.05, 4.69) is 34.6 Å². The third-order valence-electron chi connectivity index (χ3n) is 5.96. The number of hydrogen-bond acceptors (Lipinski definition) is 0. The highest BCUT2D eigenvalue weighted by molar-refractivity contribution is 4.98. The maximum absolute atomic E-state index is 2.54. The molecule has 0 heterocycles. The molecule has 2 aliphatic carbocycles. The van der Waals surface area contributed by atoms with Gasteiger partial charge < -0.3 is 0 Å². The third kappa shape index (κ3) is 1.74. The Morgan fingerprint density at radius 3 is 2.27 bits per heavy atom. The van der Waals surface area contributed by atoms with Crippen molar-refractivity contribution in [2.45, 2.75) is 53.9 Å². The standard InChI is InChI=1S/C15H28/c1-6-9(2)14-8-13-7-10(3)11(4)15(13)12(14)5/h9-15H,6-8H2,1-5H3. The summed E-state index contributed by atoms with van der Waals surface area (Å²) in [5.74, 6) is 7.07. The lowest BCUT2D eigenvalue weighted by Gasteiger charge is -2.28. The molecule has 2 fully saturated rings. The molecule has 0 saturated heterocycles. The molecule has 2 rings (SSSR count). The summed E-state index contributed by atoms with van der Waals surface area (Å²) in [6, 6.07) is 0. The monoisotopic (exact) mass is 208 g/mol. The summed E-state index contributed by atoms with van der Waals surface area (Å²) in [5, 5.41) is 0. The highest BCUT2D eigenvalue weighted by Crippen LogP contribution is 2.57. The zero-order chi connectivity index (χ0) is 11.2. The third-order valence-corrected chi connectivity index (χ3v) is 5.96. The van der Waals surface area contributed by atoms with Crippen LogP contribution in [0.25, 0.3) is 0 Å². The average molecular weight is 208 g/mol. The number of fused-ring (bicyclic) bond motifs is 1. The van der Waals surface area contributed by atoms with E-state index in [0.29, 0.717) is 0 Å². The quantitative estimate of drug-likeness (QED) is 0.622. The molecule has 0 aromatic carbocycles. The van der Waals surface area contributed by atoms with Crippen molar-refractivity contribution in [2.24, 2.45) is 41.4 Å². The summed E-state index contributed by atoms with van der Waals surface area (Å²) in [4.78, 5) is 0. The van der Waals surface area contributed by atoms with Crippen LogP contribution in [0.2, 0.25) is 0 Å². The summed E-state index contributed by atoms with van der Waals surface area (Å²) in [7, 11) is 0. The van der Waals surface area contributed by atoms with Gasteiger partial charge in [-0.15, -0.1) is 0 Å². The Bertz CT molecular complexity index is 220. The fourth-order valence-corrected chi connectivity index (χ4v) is 4.72. The molecule has 0 N–H and O–H groups in total. The molecule has 7 unspecified atom stereocenters. The van der Waals surface area contributed by atoms with Gasteiger partial charge in [-0.05, 0) is 54.3 Å². The van der Waals surface area contributed by atoms with E-state index in [1.54, 1.807) is 0 Å². The van der Waals surface area contributed by atoms with Crippen LogP contribution in [0.4, 0.5) is 0 Å². The minimum Gasteiger partial charge on any atom is -0.0651 e. The number of rotatable bonds is 2. The first-order chi connectivity index (χ1) is 7.06. The molecule has 2 saturated carbocycles. The minimum atomic E-state index is 0.952. The Balaban J connectivity index is 2.08. The molecule has 0 aromatic heterocycles. The van der Waals surface area contributed by atoms with E-state index in [4.69, 9.17) is 0 Å². The van der Waals surface area contributed by atoms with Crippen molar-refractivity contribution in [1.29, 1.82) is 0 Å². The van der Waals surface area contributed by atoms with Gasteiger partial charge in [0.2, 0.25) is 0 Å². The van der Waals surface area contributed by atoms with Crippen molar-refractivity contribution < 1.29 is 0 Å². The SMILES string of the molecule is CCC(C)C1CC2CC(C)C(C)C2C1C. The van der Waals surface area contributed by atoms with Crippen molar-refractivity contribution in [2.75, 3.05) is 0 Å². The molecular weight excluding hydrogens is 180 g/mol. The number of hydrogen-bond donors (Lipinski definition) is 0. The van der Waals surface area contributed by atoms with E-state index < -0.39 is 0 Å². The lowest BCUT2D eigenvalue weighted by atomic mass is 9.77. The molecule has 7 atom stereocenters. The van der Waals surface area contributed by atoms with Crippen molar-refractivity contribution >= 4 is 0 Å². The molecule has 0 radical (unpaired) electrons. The van der Waals surface area contributed by atoms with Crippen LogP contribution in [-0.4, -0.2) is 0 Å². The fraction of sp³-hybridized carbons (Fsp3) is 1.00. The maximum atomic E-state index is 2.54. The van der Waals surface area contributed by atoms with E-state index in [9.17, 15) is 0 Å². The molecule has 0 nitrogen and oxygen atoms in total. The van der Waals surface area contributed by atoms with Gasteiger partial charge in [0, 0.05) is 0 Å². The Labute approximate surface area is 95.8 Å². The van der Waals surface area contributed by atoms with Gasteiger partial charge in [-0.25, -0.2) is 0 Å². The zero-order valence-electron chi connectivity index (χ0n) is 11.2. The molecule has 0 aliphatic heterocycles. The van der Waals surface area contributed by atoms with Gasteiger partial charge in [0.15, 0.2) is 0 Å². The second kappa shape index (κ2) is 4.11. The molecular formula is C15H28. The van der Waals surface area contributed by atoms with Crippen LogP contribution >= 0.6 is 0 Å². The first-order valence-corrected chi connectivity index (χ1v) is 7.06. The lowest BCUT2D eigenvalue weighted by molar-refractivity contribution is 0.204. The largest absolute Gasteiger partial charge is 0.0651 e. The Morgan fingerprint density at radius 2 is 1.73 bits per heavy atom. The van der Waals surface area contributed by atoms with Crippen LogP contribution in [0, 0.1) is 41.4 Å². The zero-order valence-corrected chi connectivity index (χ0v) is 11.2. The maximum Gasteiger partial charge on any atom is -0.0329 e. The molecule has 0 spiro atoms. The molecule has 88 valence electrons. The fourth-order valence-electron chi connectivity index (χ4n) is 4.72. The van der Waals surface area contributed by atoms with Crippen LogP contribution in [-0.2, 0) is 0 Å². The predicted octanol–water partition coefficient (Wildman–Crippen LogP) is 4.60. The first-order valence-electron chi connectivity index (χ1n) is 7.06. The van der Waals surface area contributed by atoms with Crippen LogP contribution in [0.1, 0.15) is 53.9 Å². The molecule has 0 heteroatoms. The van der Waals surface area contributed by atoms with Gasteiger partial charge in [0.1, 0.15) is 0 Å². The average Bonchev–Trinajstić information content (AvgIpc) is 2.66. The van der Waals surface area contributed by atoms with Crippen molar-refractivity contribution in [3.8, 4) is 0 Å². The predicted molar refractivity (Wildman–Crippen MR) is 66.7 cm³/mol. The van der Waals surface area contributed by atoms with Crippen molar-refractivity contribution in [3.63, 3.8) is 0 Å². The van der Waals surface area contributed by atoms with E-state index in [-0.39, 0.29) is 0 Å². The highest BCUT2D eigenvalue weighted by atomic mass is 14.5. The van der Waals surface area contributed by atoms with E-state index in [0.717, 1.165) is 41.4 Å². The summed E-state index contributed by atoms with van der Waals surface area (Å²) >= 11 is 0. The van der Waals surface area contributed by atoms with Crippen LogP contribution in [0.3, 0.4) is 0 Å². The van der Waals surface area contributed by atoms with E-state index in [1.165, 1.54) is 19.3 Å². The molecule has 2 aliphatic rings. The summed E-state index contributed by atoms with van der Waals surface area (Å²) < 4.78 is 0. The van der Waals surface area contributed by atoms with Crippen molar-refractivity contribution in [3.05, 3.63) is 0 Å². The van der Waals surface area contributed by atoms with Gasteiger partial charge >= 0.3 is 0 Å². The van der Waals surface area contributed by atoms with Crippen LogP contribution in [0.15, 0.2) is 0 Å². The van der Waals surface area contributed by atoms with E-state index >= 15 is 0 Å².